The topological polar surface area (TPSA) is 38.3 Å². The number of nitrogens with one attached hydrogen (secondary N) is 1. The highest BCUT2D eigenvalue weighted by molar-refractivity contribution is 9.10. The van der Waals surface area contributed by atoms with Crippen LogP contribution in [0.3, 0.4) is 0 Å². The summed E-state index contributed by atoms with van der Waals surface area (Å²) in [7, 11) is 1.59. The van der Waals surface area contributed by atoms with Crippen LogP contribution in [-0.2, 0) is 0 Å². The van der Waals surface area contributed by atoms with Gasteiger partial charge in [-0.1, -0.05) is 64.5 Å². The number of carbonyl (C=O) groups excluding carboxylic acids is 1. The second kappa shape index (κ2) is 7.99. The third-order valence-electron chi connectivity index (χ3n) is 3.94. The first-order chi connectivity index (χ1) is 12.2. The zero-order valence-corrected chi connectivity index (χ0v) is 15.4. The van der Waals surface area contributed by atoms with Crippen molar-refractivity contribution in [2.45, 2.75) is 6.04 Å². The standard InChI is InChI=1S/C21H18BrNO2/c1-25-19-9-5-8-17(14-19)21(24)23-20(15-6-3-2-4-7-15)16-10-12-18(22)13-11-16/h2-14,20H,1H3,(H,23,24)/t20-/m1/s1. The van der Waals surface area contributed by atoms with Gasteiger partial charge in [0.05, 0.1) is 13.2 Å². The Morgan fingerprint density at radius 2 is 1.60 bits per heavy atom. The van der Waals surface area contributed by atoms with Crippen molar-refractivity contribution in [2.75, 3.05) is 7.11 Å². The molecule has 0 saturated heterocycles. The summed E-state index contributed by atoms with van der Waals surface area (Å²) in [6.45, 7) is 0. The van der Waals surface area contributed by atoms with Crippen molar-refractivity contribution in [3.05, 3.63) is 100 Å². The van der Waals surface area contributed by atoms with E-state index in [2.05, 4.69) is 21.2 Å². The highest BCUT2D eigenvalue weighted by atomic mass is 79.9. The molecule has 3 aromatic carbocycles. The van der Waals surface area contributed by atoms with Gasteiger partial charge >= 0.3 is 0 Å². The molecule has 0 unspecified atom stereocenters. The molecule has 1 amide bonds. The Bertz CT molecular complexity index is 847. The van der Waals surface area contributed by atoms with Gasteiger partial charge < -0.3 is 10.1 Å². The molecule has 1 atom stereocenters. The molecule has 4 heteroatoms. The van der Waals surface area contributed by atoms with Crippen molar-refractivity contribution in [3.8, 4) is 5.75 Å². The van der Waals surface area contributed by atoms with E-state index in [4.69, 9.17) is 4.74 Å². The van der Waals surface area contributed by atoms with Gasteiger partial charge in [-0.3, -0.25) is 4.79 Å². The van der Waals surface area contributed by atoms with Crippen LogP contribution in [-0.4, -0.2) is 13.0 Å². The number of rotatable bonds is 5. The molecule has 0 fully saturated rings. The number of hydrogen-bond donors (Lipinski definition) is 1. The monoisotopic (exact) mass is 395 g/mol. The third kappa shape index (κ3) is 4.28. The molecule has 0 saturated carbocycles. The fraction of sp³-hybridized carbons (Fsp3) is 0.0952. The Morgan fingerprint density at radius 3 is 2.28 bits per heavy atom. The van der Waals surface area contributed by atoms with Crippen LogP contribution in [0.1, 0.15) is 27.5 Å². The number of benzene rings is 3. The summed E-state index contributed by atoms with van der Waals surface area (Å²) in [5.74, 6) is 0.517. The lowest BCUT2D eigenvalue weighted by molar-refractivity contribution is 0.0942. The zero-order valence-electron chi connectivity index (χ0n) is 13.8. The molecule has 3 rings (SSSR count). The minimum absolute atomic E-state index is 0.143. The minimum Gasteiger partial charge on any atom is -0.497 e. The predicted octanol–water partition coefficient (Wildman–Crippen LogP) is 4.98. The summed E-state index contributed by atoms with van der Waals surface area (Å²) in [5, 5.41) is 3.13. The molecule has 0 aliphatic carbocycles. The highest BCUT2D eigenvalue weighted by Crippen LogP contribution is 2.24. The maximum Gasteiger partial charge on any atom is 0.252 e. The van der Waals surface area contributed by atoms with Gasteiger partial charge in [0.1, 0.15) is 5.75 Å². The molecule has 0 spiro atoms. The van der Waals surface area contributed by atoms with Gasteiger partial charge in [-0.25, -0.2) is 0 Å². The Kier molecular flexibility index (Phi) is 5.51. The van der Waals surface area contributed by atoms with E-state index in [1.165, 1.54) is 0 Å². The lowest BCUT2D eigenvalue weighted by Gasteiger charge is -2.20. The summed E-state index contributed by atoms with van der Waals surface area (Å²) >= 11 is 3.45. The second-order valence-electron chi connectivity index (χ2n) is 5.60. The molecule has 3 nitrogen and oxygen atoms in total. The van der Waals surface area contributed by atoms with E-state index in [1.54, 1.807) is 19.2 Å². The Balaban J connectivity index is 1.92. The number of methoxy groups -OCH3 is 1. The molecule has 0 heterocycles. The smallest absolute Gasteiger partial charge is 0.252 e. The average Bonchev–Trinajstić information content (AvgIpc) is 2.67. The number of hydrogen-bond acceptors (Lipinski definition) is 2. The number of ether oxygens (including phenoxy) is 1. The first-order valence-electron chi connectivity index (χ1n) is 7.92. The van der Waals surface area contributed by atoms with Gasteiger partial charge in [0.15, 0.2) is 0 Å². The summed E-state index contributed by atoms with van der Waals surface area (Å²) in [5.41, 5.74) is 2.61. The summed E-state index contributed by atoms with van der Waals surface area (Å²) < 4.78 is 6.21. The molecule has 1 N–H and O–H groups in total. The van der Waals surface area contributed by atoms with Crippen molar-refractivity contribution >= 4 is 21.8 Å². The van der Waals surface area contributed by atoms with Crippen molar-refractivity contribution < 1.29 is 9.53 Å². The maximum absolute atomic E-state index is 12.8. The lowest BCUT2D eigenvalue weighted by atomic mass is 9.98. The minimum atomic E-state index is -0.229. The average molecular weight is 396 g/mol. The summed E-state index contributed by atoms with van der Waals surface area (Å²) in [4.78, 5) is 12.8. The number of halogens is 1. The Morgan fingerprint density at radius 1 is 0.920 bits per heavy atom. The van der Waals surface area contributed by atoms with Gasteiger partial charge in [-0.05, 0) is 41.5 Å². The van der Waals surface area contributed by atoms with Crippen LogP contribution in [0, 0.1) is 0 Å². The molecule has 0 aliphatic heterocycles. The molecule has 0 aliphatic rings. The predicted molar refractivity (Wildman–Crippen MR) is 103 cm³/mol. The lowest BCUT2D eigenvalue weighted by Crippen LogP contribution is -2.29. The normalized spacial score (nSPS) is 11.6. The van der Waals surface area contributed by atoms with Gasteiger partial charge in [-0.15, -0.1) is 0 Å². The van der Waals surface area contributed by atoms with E-state index in [9.17, 15) is 4.79 Å². The van der Waals surface area contributed by atoms with E-state index in [0.717, 1.165) is 15.6 Å². The fourth-order valence-electron chi connectivity index (χ4n) is 2.64. The fourth-order valence-corrected chi connectivity index (χ4v) is 2.90. The molecule has 0 bridgehead atoms. The molecule has 25 heavy (non-hydrogen) atoms. The van der Waals surface area contributed by atoms with Crippen LogP contribution in [0.2, 0.25) is 0 Å². The molecule has 126 valence electrons. The maximum atomic E-state index is 12.8. The number of amides is 1. The largest absolute Gasteiger partial charge is 0.497 e. The van der Waals surface area contributed by atoms with Gasteiger partial charge in [-0.2, -0.15) is 0 Å². The van der Waals surface area contributed by atoms with E-state index >= 15 is 0 Å². The van der Waals surface area contributed by atoms with Crippen molar-refractivity contribution in [3.63, 3.8) is 0 Å². The molecule has 3 aromatic rings. The van der Waals surface area contributed by atoms with Crippen LogP contribution in [0.4, 0.5) is 0 Å². The Hall–Kier alpha value is -2.59. The van der Waals surface area contributed by atoms with Crippen molar-refractivity contribution in [1.29, 1.82) is 0 Å². The van der Waals surface area contributed by atoms with E-state index in [1.807, 2.05) is 66.7 Å². The SMILES string of the molecule is COc1cccc(C(=O)N[C@H](c2ccccc2)c2ccc(Br)cc2)c1. The zero-order chi connectivity index (χ0) is 17.6. The van der Waals surface area contributed by atoms with Crippen molar-refractivity contribution in [2.24, 2.45) is 0 Å². The highest BCUT2D eigenvalue weighted by Gasteiger charge is 2.18. The summed E-state index contributed by atoms with van der Waals surface area (Å²) in [6, 6.07) is 24.8. The van der Waals surface area contributed by atoms with E-state index in [0.29, 0.717) is 11.3 Å². The first-order valence-corrected chi connectivity index (χ1v) is 8.72. The first kappa shape index (κ1) is 17.2. The quantitative estimate of drug-likeness (QED) is 0.661. The van der Waals surface area contributed by atoms with Crippen molar-refractivity contribution in [1.82, 2.24) is 5.32 Å². The molecular weight excluding hydrogens is 378 g/mol. The molecule has 0 aromatic heterocycles. The van der Waals surface area contributed by atoms with Crippen LogP contribution < -0.4 is 10.1 Å². The van der Waals surface area contributed by atoms with E-state index < -0.39 is 0 Å². The van der Waals surface area contributed by atoms with Crippen LogP contribution in [0.25, 0.3) is 0 Å². The van der Waals surface area contributed by atoms with E-state index in [-0.39, 0.29) is 11.9 Å². The third-order valence-corrected chi connectivity index (χ3v) is 4.47. The summed E-state index contributed by atoms with van der Waals surface area (Å²) in [6.07, 6.45) is 0. The van der Waals surface area contributed by atoms with Gasteiger partial charge in [0.25, 0.3) is 5.91 Å². The molecule has 0 radical (unpaired) electrons. The Labute approximate surface area is 155 Å². The molecular formula is C21H18BrNO2. The van der Waals surface area contributed by atoms with Crippen LogP contribution in [0.5, 0.6) is 5.75 Å². The van der Waals surface area contributed by atoms with Crippen LogP contribution in [0.15, 0.2) is 83.3 Å². The second-order valence-corrected chi connectivity index (χ2v) is 6.52. The number of carbonyl (C=O) groups is 1. The van der Waals surface area contributed by atoms with Crippen LogP contribution >= 0.6 is 15.9 Å². The van der Waals surface area contributed by atoms with Gasteiger partial charge in [0.2, 0.25) is 0 Å². The van der Waals surface area contributed by atoms with Gasteiger partial charge in [0, 0.05) is 10.0 Å².